The first-order valence-corrected chi connectivity index (χ1v) is 5.15. The van der Waals surface area contributed by atoms with Crippen LogP contribution in [-0.4, -0.2) is 25.4 Å². The van der Waals surface area contributed by atoms with Gasteiger partial charge < -0.3 is 15.2 Å². The highest BCUT2D eigenvalue weighted by molar-refractivity contribution is 5.66. The standard InChI is InChI=1S/C7H8O.C3H7NO2.C2H6/c8-6-7-4-2-1-3-5-7;1-4-3(5)6-2;1-2/h1-5,8H,6H2;1-2H3,(H,4,5);1-2H3. The number of amides is 1. The Bertz CT molecular complexity index is 244. The van der Waals surface area contributed by atoms with Gasteiger partial charge in [0.2, 0.25) is 0 Å². The van der Waals surface area contributed by atoms with E-state index >= 15 is 0 Å². The molecule has 0 aliphatic rings. The number of hydrogen-bond acceptors (Lipinski definition) is 3. The first kappa shape index (κ1) is 16.9. The Kier molecular flexibility index (Phi) is 14.2. The molecule has 0 bridgehead atoms. The molecule has 92 valence electrons. The Balaban J connectivity index is 0. The average molecular weight is 227 g/mol. The van der Waals surface area contributed by atoms with E-state index in [1.54, 1.807) is 0 Å². The summed E-state index contributed by atoms with van der Waals surface area (Å²) < 4.78 is 4.15. The van der Waals surface area contributed by atoms with Crippen LogP contribution >= 0.6 is 0 Å². The number of benzene rings is 1. The average Bonchev–Trinajstić information content (AvgIpc) is 2.41. The van der Waals surface area contributed by atoms with E-state index in [2.05, 4.69) is 10.1 Å². The van der Waals surface area contributed by atoms with Crippen LogP contribution in [0.3, 0.4) is 0 Å². The van der Waals surface area contributed by atoms with Gasteiger partial charge in [0.15, 0.2) is 0 Å². The molecule has 1 rings (SSSR count). The quantitative estimate of drug-likeness (QED) is 0.773. The number of aliphatic hydroxyl groups excluding tert-OH is 1. The summed E-state index contributed by atoms with van der Waals surface area (Å²) in [5, 5.41) is 10.8. The smallest absolute Gasteiger partial charge is 0.406 e. The lowest BCUT2D eigenvalue weighted by Crippen LogP contribution is -2.16. The normalized spacial score (nSPS) is 7.56. The van der Waals surface area contributed by atoms with Crippen molar-refractivity contribution in [1.29, 1.82) is 0 Å². The van der Waals surface area contributed by atoms with Crippen LogP contribution in [0, 0.1) is 0 Å². The molecule has 0 radical (unpaired) electrons. The van der Waals surface area contributed by atoms with E-state index in [0.717, 1.165) is 5.56 Å². The van der Waals surface area contributed by atoms with Gasteiger partial charge in [-0.2, -0.15) is 0 Å². The third-order valence-corrected chi connectivity index (χ3v) is 1.41. The molecule has 4 heteroatoms. The van der Waals surface area contributed by atoms with Gasteiger partial charge in [-0.15, -0.1) is 0 Å². The molecule has 0 fully saturated rings. The van der Waals surface area contributed by atoms with Crippen molar-refractivity contribution < 1.29 is 14.6 Å². The first-order chi connectivity index (χ1) is 7.74. The van der Waals surface area contributed by atoms with Crippen molar-refractivity contribution in [3.05, 3.63) is 35.9 Å². The molecular formula is C12H21NO3. The van der Waals surface area contributed by atoms with Gasteiger partial charge in [-0.25, -0.2) is 4.79 Å². The number of carbonyl (C=O) groups is 1. The Morgan fingerprint density at radius 2 is 1.81 bits per heavy atom. The Morgan fingerprint density at radius 1 is 1.31 bits per heavy atom. The van der Waals surface area contributed by atoms with Crippen LogP contribution in [0.4, 0.5) is 4.79 Å². The van der Waals surface area contributed by atoms with Gasteiger partial charge >= 0.3 is 6.09 Å². The number of alkyl carbamates (subject to hydrolysis) is 1. The number of hydrogen-bond donors (Lipinski definition) is 2. The number of rotatable bonds is 1. The molecule has 0 aromatic heterocycles. The van der Waals surface area contributed by atoms with E-state index in [9.17, 15) is 4.79 Å². The van der Waals surface area contributed by atoms with Gasteiger partial charge in [0.1, 0.15) is 0 Å². The topological polar surface area (TPSA) is 58.6 Å². The molecule has 0 aliphatic carbocycles. The lowest BCUT2D eigenvalue weighted by molar-refractivity contribution is 0.173. The molecule has 0 saturated heterocycles. The van der Waals surface area contributed by atoms with Crippen LogP contribution in [0.15, 0.2) is 30.3 Å². The Labute approximate surface area is 97.3 Å². The van der Waals surface area contributed by atoms with Crippen LogP contribution in [0.1, 0.15) is 19.4 Å². The molecule has 0 spiro atoms. The molecule has 4 nitrogen and oxygen atoms in total. The fourth-order valence-corrected chi connectivity index (χ4v) is 0.685. The molecule has 2 N–H and O–H groups in total. The second-order valence-corrected chi connectivity index (χ2v) is 2.39. The van der Waals surface area contributed by atoms with Crippen LogP contribution < -0.4 is 5.32 Å². The fraction of sp³-hybridized carbons (Fsp3) is 0.417. The number of ether oxygens (including phenoxy) is 1. The monoisotopic (exact) mass is 227 g/mol. The van der Waals surface area contributed by atoms with E-state index in [-0.39, 0.29) is 6.61 Å². The van der Waals surface area contributed by atoms with Crippen molar-refractivity contribution in [2.45, 2.75) is 20.5 Å². The van der Waals surface area contributed by atoms with Crippen LogP contribution in [0.2, 0.25) is 0 Å². The van der Waals surface area contributed by atoms with E-state index in [1.807, 2.05) is 44.2 Å². The van der Waals surface area contributed by atoms with Gasteiger partial charge in [-0.1, -0.05) is 44.2 Å². The summed E-state index contributed by atoms with van der Waals surface area (Å²) in [7, 11) is 2.82. The predicted octanol–water partition coefficient (Wildman–Crippen LogP) is 2.18. The van der Waals surface area contributed by atoms with E-state index < -0.39 is 6.09 Å². The largest absolute Gasteiger partial charge is 0.453 e. The SMILES string of the molecule is CC.CNC(=O)OC.OCc1ccccc1. The second kappa shape index (κ2) is 13.4. The van der Waals surface area contributed by atoms with Gasteiger partial charge in [0.25, 0.3) is 0 Å². The van der Waals surface area contributed by atoms with Crippen LogP contribution in [-0.2, 0) is 11.3 Å². The molecule has 0 aliphatic heterocycles. The number of aliphatic hydroxyl groups is 1. The van der Waals surface area contributed by atoms with E-state index in [1.165, 1.54) is 14.2 Å². The Hall–Kier alpha value is -1.55. The van der Waals surface area contributed by atoms with Gasteiger partial charge in [-0.3, -0.25) is 0 Å². The van der Waals surface area contributed by atoms with Crippen LogP contribution in [0.5, 0.6) is 0 Å². The predicted molar refractivity (Wildman–Crippen MR) is 65.2 cm³/mol. The molecule has 0 heterocycles. The maximum absolute atomic E-state index is 9.85. The van der Waals surface area contributed by atoms with E-state index in [0.29, 0.717) is 0 Å². The summed E-state index contributed by atoms with van der Waals surface area (Å²) in [5.74, 6) is 0. The zero-order valence-electron chi connectivity index (χ0n) is 10.4. The third kappa shape index (κ3) is 10.5. The van der Waals surface area contributed by atoms with Crippen LogP contribution in [0.25, 0.3) is 0 Å². The lowest BCUT2D eigenvalue weighted by atomic mass is 10.2. The highest BCUT2D eigenvalue weighted by Crippen LogP contribution is 1.95. The number of carbonyl (C=O) groups excluding carboxylic acids is 1. The summed E-state index contributed by atoms with van der Waals surface area (Å²) in [5.41, 5.74) is 0.965. The summed E-state index contributed by atoms with van der Waals surface area (Å²) in [4.78, 5) is 9.85. The van der Waals surface area contributed by atoms with Crippen molar-refractivity contribution in [2.75, 3.05) is 14.2 Å². The highest BCUT2D eigenvalue weighted by atomic mass is 16.5. The van der Waals surface area contributed by atoms with Gasteiger partial charge in [-0.05, 0) is 5.56 Å². The summed E-state index contributed by atoms with van der Waals surface area (Å²) >= 11 is 0. The maximum atomic E-state index is 9.85. The molecular weight excluding hydrogens is 206 g/mol. The van der Waals surface area contributed by atoms with Crippen molar-refractivity contribution in [3.63, 3.8) is 0 Å². The molecule has 0 atom stereocenters. The summed E-state index contributed by atoms with van der Waals surface area (Å²) in [6.45, 7) is 4.14. The van der Waals surface area contributed by atoms with E-state index in [4.69, 9.17) is 5.11 Å². The molecule has 16 heavy (non-hydrogen) atoms. The van der Waals surface area contributed by atoms with Crippen molar-refractivity contribution in [1.82, 2.24) is 5.32 Å². The second-order valence-electron chi connectivity index (χ2n) is 2.39. The molecule has 0 saturated carbocycles. The molecule has 0 unspecified atom stereocenters. The highest BCUT2D eigenvalue weighted by Gasteiger charge is 1.85. The Morgan fingerprint density at radius 3 is 2.00 bits per heavy atom. The molecule has 1 aromatic rings. The molecule has 1 amide bonds. The zero-order valence-corrected chi connectivity index (χ0v) is 10.4. The number of methoxy groups -OCH3 is 1. The summed E-state index contributed by atoms with van der Waals surface area (Å²) in [6, 6.07) is 9.52. The summed E-state index contributed by atoms with van der Waals surface area (Å²) in [6.07, 6.45) is -0.407. The third-order valence-electron chi connectivity index (χ3n) is 1.41. The lowest BCUT2D eigenvalue weighted by Gasteiger charge is -1.90. The number of nitrogens with one attached hydrogen (secondary N) is 1. The van der Waals surface area contributed by atoms with Gasteiger partial charge in [0.05, 0.1) is 13.7 Å². The minimum Gasteiger partial charge on any atom is -0.453 e. The van der Waals surface area contributed by atoms with Crippen molar-refractivity contribution >= 4 is 6.09 Å². The fourth-order valence-electron chi connectivity index (χ4n) is 0.685. The minimum absolute atomic E-state index is 0.140. The molecule has 1 aromatic carbocycles. The maximum Gasteiger partial charge on any atom is 0.406 e. The van der Waals surface area contributed by atoms with Gasteiger partial charge in [0, 0.05) is 7.05 Å². The zero-order chi connectivity index (χ0) is 12.8. The first-order valence-electron chi connectivity index (χ1n) is 5.15. The van der Waals surface area contributed by atoms with Crippen molar-refractivity contribution in [3.8, 4) is 0 Å². The van der Waals surface area contributed by atoms with Crippen molar-refractivity contribution in [2.24, 2.45) is 0 Å². The minimum atomic E-state index is -0.407.